The van der Waals surface area contributed by atoms with Gasteiger partial charge in [0.05, 0.1) is 7.11 Å². The quantitative estimate of drug-likeness (QED) is 0.854. The van der Waals surface area contributed by atoms with Crippen LogP contribution in [-0.4, -0.2) is 26.8 Å². The molecular formula is C14H23NO2. The number of ether oxygens (including phenoxy) is 2. The molecule has 0 radical (unpaired) electrons. The van der Waals surface area contributed by atoms with E-state index in [0.717, 1.165) is 11.5 Å². The fraction of sp³-hybridized carbons (Fsp3) is 0.571. The molecule has 0 aliphatic rings. The van der Waals surface area contributed by atoms with E-state index in [2.05, 4.69) is 26.1 Å². The summed E-state index contributed by atoms with van der Waals surface area (Å²) in [6.07, 6.45) is 0. The van der Waals surface area contributed by atoms with Crippen LogP contribution in [0.2, 0.25) is 0 Å². The van der Waals surface area contributed by atoms with E-state index >= 15 is 0 Å². The molecule has 1 rings (SSSR count). The van der Waals surface area contributed by atoms with Crippen LogP contribution in [0.1, 0.15) is 20.8 Å². The molecule has 0 bridgehead atoms. The third-order valence-electron chi connectivity index (χ3n) is 2.87. The van der Waals surface area contributed by atoms with Crippen LogP contribution >= 0.6 is 0 Å². The number of likely N-dealkylation sites (N-methyl/N-ethyl adjacent to an activating group) is 1. The van der Waals surface area contributed by atoms with Gasteiger partial charge in [0, 0.05) is 6.04 Å². The number of nitrogens with one attached hydrogen (secondary N) is 1. The van der Waals surface area contributed by atoms with Gasteiger partial charge in [0.25, 0.3) is 0 Å². The zero-order valence-electron chi connectivity index (χ0n) is 11.4. The first-order valence-electron chi connectivity index (χ1n) is 5.91. The number of methoxy groups -OCH3 is 1. The number of benzene rings is 1. The molecule has 0 amide bonds. The zero-order chi connectivity index (χ0) is 12.9. The highest BCUT2D eigenvalue weighted by Gasteiger charge is 2.23. The lowest BCUT2D eigenvalue weighted by molar-refractivity contribution is 0.181. The topological polar surface area (TPSA) is 30.5 Å². The molecule has 1 atom stereocenters. The summed E-state index contributed by atoms with van der Waals surface area (Å²) in [7, 11) is 3.62. The van der Waals surface area contributed by atoms with Crippen LogP contribution in [0.5, 0.6) is 11.5 Å². The molecular weight excluding hydrogens is 214 g/mol. The molecule has 0 spiro atoms. The highest BCUT2D eigenvalue weighted by molar-refractivity contribution is 5.31. The van der Waals surface area contributed by atoms with Crippen molar-refractivity contribution in [2.75, 3.05) is 20.8 Å². The Morgan fingerprint density at radius 2 is 1.65 bits per heavy atom. The Kier molecular flexibility index (Phi) is 4.82. The fourth-order valence-electron chi connectivity index (χ4n) is 1.62. The van der Waals surface area contributed by atoms with Crippen LogP contribution in [0.3, 0.4) is 0 Å². The van der Waals surface area contributed by atoms with Crippen molar-refractivity contribution < 1.29 is 9.47 Å². The summed E-state index contributed by atoms with van der Waals surface area (Å²) >= 11 is 0. The molecule has 1 unspecified atom stereocenters. The van der Waals surface area contributed by atoms with Crippen molar-refractivity contribution in [2.24, 2.45) is 5.41 Å². The zero-order valence-corrected chi connectivity index (χ0v) is 11.4. The Bertz CT molecular complexity index is 327. The van der Waals surface area contributed by atoms with Gasteiger partial charge < -0.3 is 14.8 Å². The van der Waals surface area contributed by atoms with Crippen LogP contribution in [0.15, 0.2) is 24.3 Å². The highest BCUT2D eigenvalue weighted by atomic mass is 16.5. The lowest BCUT2D eigenvalue weighted by Gasteiger charge is -2.30. The van der Waals surface area contributed by atoms with Gasteiger partial charge in [0.1, 0.15) is 18.1 Å². The van der Waals surface area contributed by atoms with Gasteiger partial charge in [-0.05, 0) is 36.7 Å². The SMILES string of the molecule is CNC(COc1ccc(OC)cc1)C(C)(C)C. The van der Waals surface area contributed by atoms with E-state index in [4.69, 9.17) is 9.47 Å². The smallest absolute Gasteiger partial charge is 0.119 e. The molecule has 96 valence electrons. The van der Waals surface area contributed by atoms with Crippen molar-refractivity contribution in [2.45, 2.75) is 26.8 Å². The Labute approximate surface area is 104 Å². The van der Waals surface area contributed by atoms with E-state index in [9.17, 15) is 0 Å². The highest BCUT2D eigenvalue weighted by Crippen LogP contribution is 2.21. The molecule has 1 N–H and O–H groups in total. The normalized spacial score (nSPS) is 13.2. The monoisotopic (exact) mass is 237 g/mol. The summed E-state index contributed by atoms with van der Waals surface area (Å²) in [5, 5.41) is 3.29. The lowest BCUT2D eigenvalue weighted by Crippen LogP contribution is -2.42. The van der Waals surface area contributed by atoms with Gasteiger partial charge in [-0.3, -0.25) is 0 Å². The van der Waals surface area contributed by atoms with E-state index in [1.165, 1.54) is 0 Å². The first-order chi connectivity index (χ1) is 7.97. The van der Waals surface area contributed by atoms with Crippen molar-refractivity contribution in [1.82, 2.24) is 5.32 Å². The van der Waals surface area contributed by atoms with E-state index in [0.29, 0.717) is 12.6 Å². The van der Waals surface area contributed by atoms with Crippen LogP contribution in [-0.2, 0) is 0 Å². The average Bonchev–Trinajstić information content (AvgIpc) is 2.29. The number of hydrogen-bond donors (Lipinski definition) is 1. The first-order valence-corrected chi connectivity index (χ1v) is 5.91. The maximum absolute atomic E-state index is 5.77. The second-order valence-corrected chi connectivity index (χ2v) is 5.19. The molecule has 3 heteroatoms. The summed E-state index contributed by atoms with van der Waals surface area (Å²) < 4.78 is 10.9. The van der Waals surface area contributed by atoms with E-state index in [1.54, 1.807) is 7.11 Å². The van der Waals surface area contributed by atoms with Crippen LogP contribution in [0.25, 0.3) is 0 Å². The van der Waals surface area contributed by atoms with Crippen LogP contribution < -0.4 is 14.8 Å². The molecule has 0 heterocycles. The van der Waals surface area contributed by atoms with Gasteiger partial charge >= 0.3 is 0 Å². The van der Waals surface area contributed by atoms with Crippen molar-refractivity contribution in [3.63, 3.8) is 0 Å². The second kappa shape index (κ2) is 5.92. The van der Waals surface area contributed by atoms with Gasteiger partial charge in [0.2, 0.25) is 0 Å². The molecule has 1 aromatic rings. The summed E-state index contributed by atoms with van der Waals surface area (Å²) in [4.78, 5) is 0. The largest absolute Gasteiger partial charge is 0.497 e. The summed E-state index contributed by atoms with van der Waals surface area (Å²) in [5.41, 5.74) is 0.182. The maximum Gasteiger partial charge on any atom is 0.119 e. The first kappa shape index (κ1) is 13.8. The molecule has 0 saturated heterocycles. The predicted octanol–water partition coefficient (Wildman–Crippen LogP) is 2.71. The molecule has 0 saturated carbocycles. The molecule has 0 aliphatic carbocycles. The minimum Gasteiger partial charge on any atom is -0.497 e. The third-order valence-corrected chi connectivity index (χ3v) is 2.87. The minimum atomic E-state index is 0.182. The molecule has 1 aromatic carbocycles. The third kappa shape index (κ3) is 4.27. The Morgan fingerprint density at radius 3 is 2.06 bits per heavy atom. The van der Waals surface area contributed by atoms with Crippen molar-refractivity contribution >= 4 is 0 Å². The van der Waals surface area contributed by atoms with Crippen LogP contribution in [0, 0.1) is 5.41 Å². The Morgan fingerprint density at radius 1 is 1.12 bits per heavy atom. The number of rotatable bonds is 5. The van der Waals surface area contributed by atoms with Gasteiger partial charge in [-0.25, -0.2) is 0 Å². The fourth-order valence-corrected chi connectivity index (χ4v) is 1.62. The van der Waals surface area contributed by atoms with E-state index in [1.807, 2.05) is 31.3 Å². The maximum atomic E-state index is 5.77. The predicted molar refractivity (Wildman–Crippen MR) is 70.8 cm³/mol. The molecule has 0 aromatic heterocycles. The summed E-state index contributed by atoms with van der Waals surface area (Å²) in [6.45, 7) is 7.26. The number of hydrogen-bond acceptors (Lipinski definition) is 3. The van der Waals surface area contributed by atoms with E-state index < -0.39 is 0 Å². The van der Waals surface area contributed by atoms with Gasteiger partial charge in [-0.2, -0.15) is 0 Å². The van der Waals surface area contributed by atoms with Crippen molar-refractivity contribution in [1.29, 1.82) is 0 Å². The lowest BCUT2D eigenvalue weighted by atomic mass is 9.87. The summed E-state index contributed by atoms with van der Waals surface area (Å²) in [6, 6.07) is 7.98. The Balaban J connectivity index is 2.54. The molecule has 0 fully saturated rings. The molecule has 0 aliphatic heterocycles. The summed E-state index contributed by atoms with van der Waals surface area (Å²) in [5.74, 6) is 1.72. The van der Waals surface area contributed by atoms with Gasteiger partial charge in [-0.1, -0.05) is 20.8 Å². The molecule has 17 heavy (non-hydrogen) atoms. The standard InChI is InChI=1S/C14H23NO2/c1-14(2,3)13(15-4)10-17-12-8-6-11(16-5)7-9-12/h6-9,13,15H,10H2,1-5H3. The molecule has 3 nitrogen and oxygen atoms in total. The van der Waals surface area contributed by atoms with Gasteiger partial charge in [-0.15, -0.1) is 0 Å². The second-order valence-electron chi connectivity index (χ2n) is 5.19. The van der Waals surface area contributed by atoms with Crippen LogP contribution in [0.4, 0.5) is 0 Å². The van der Waals surface area contributed by atoms with Crippen molar-refractivity contribution in [3.8, 4) is 11.5 Å². The van der Waals surface area contributed by atoms with Crippen molar-refractivity contribution in [3.05, 3.63) is 24.3 Å². The minimum absolute atomic E-state index is 0.182. The van der Waals surface area contributed by atoms with E-state index in [-0.39, 0.29) is 5.41 Å². The Hall–Kier alpha value is -1.22. The average molecular weight is 237 g/mol. The van der Waals surface area contributed by atoms with Gasteiger partial charge in [0.15, 0.2) is 0 Å².